The van der Waals surface area contributed by atoms with Crippen LogP contribution in [0.4, 0.5) is 0 Å². The first kappa shape index (κ1) is 10.2. The van der Waals surface area contributed by atoms with Crippen LogP contribution in [-0.4, -0.2) is 12.6 Å². The molecule has 0 fully saturated rings. The Labute approximate surface area is 80.1 Å². The Hall–Kier alpha value is -0.860. The van der Waals surface area contributed by atoms with Gasteiger partial charge < -0.3 is 11.1 Å². The van der Waals surface area contributed by atoms with Crippen LogP contribution in [0.2, 0.25) is 0 Å². The number of nitrogens with one attached hydrogen (secondary N) is 1. The van der Waals surface area contributed by atoms with Crippen LogP contribution < -0.4 is 11.1 Å². The van der Waals surface area contributed by atoms with Crippen LogP contribution in [0.5, 0.6) is 0 Å². The van der Waals surface area contributed by atoms with Crippen LogP contribution in [0.25, 0.3) is 0 Å². The molecule has 0 aliphatic heterocycles. The zero-order valence-corrected chi connectivity index (χ0v) is 8.38. The van der Waals surface area contributed by atoms with Crippen LogP contribution in [-0.2, 0) is 6.54 Å². The van der Waals surface area contributed by atoms with Crippen molar-refractivity contribution in [3.05, 3.63) is 35.4 Å². The molecule has 0 radical (unpaired) electrons. The predicted octanol–water partition coefficient (Wildman–Crippen LogP) is 1.43. The zero-order valence-electron chi connectivity index (χ0n) is 8.38. The van der Waals surface area contributed by atoms with Crippen molar-refractivity contribution in [2.75, 3.05) is 6.54 Å². The Morgan fingerprint density at radius 1 is 1.46 bits per heavy atom. The third-order valence-corrected chi connectivity index (χ3v) is 2.09. The smallest absolute Gasteiger partial charge is 0.0208 e. The highest BCUT2D eigenvalue weighted by Crippen LogP contribution is 2.03. The molecule has 3 N–H and O–H groups in total. The van der Waals surface area contributed by atoms with Gasteiger partial charge in [0.15, 0.2) is 0 Å². The second-order valence-corrected chi connectivity index (χ2v) is 3.51. The summed E-state index contributed by atoms with van der Waals surface area (Å²) in [5.74, 6) is 0. The fourth-order valence-corrected chi connectivity index (χ4v) is 1.20. The molecule has 1 aromatic rings. The normalized spacial score (nSPS) is 12.8. The molecular formula is C11H18N2. The number of benzene rings is 1. The van der Waals surface area contributed by atoms with E-state index in [0.29, 0.717) is 12.6 Å². The lowest BCUT2D eigenvalue weighted by Crippen LogP contribution is -2.32. The molecule has 0 unspecified atom stereocenters. The van der Waals surface area contributed by atoms with Crippen molar-refractivity contribution in [3.8, 4) is 0 Å². The fraction of sp³-hybridized carbons (Fsp3) is 0.455. The maximum Gasteiger partial charge on any atom is 0.0208 e. The summed E-state index contributed by atoms with van der Waals surface area (Å²) >= 11 is 0. The topological polar surface area (TPSA) is 38.0 Å². The molecule has 0 aromatic heterocycles. The summed E-state index contributed by atoms with van der Waals surface area (Å²) in [6.07, 6.45) is 0. The Balaban J connectivity index is 2.45. The number of nitrogens with two attached hydrogens (primary N) is 1. The van der Waals surface area contributed by atoms with E-state index in [1.807, 2.05) is 0 Å². The molecule has 13 heavy (non-hydrogen) atoms. The first-order valence-corrected chi connectivity index (χ1v) is 4.71. The van der Waals surface area contributed by atoms with Gasteiger partial charge in [-0.3, -0.25) is 0 Å². The van der Waals surface area contributed by atoms with E-state index in [1.165, 1.54) is 11.1 Å². The molecule has 0 heterocycles. The lowest BCUT2D eigenvalue weighted by molar-refractivity contribution is 0.556. The molecule has 0 spiro atoms. The van der Waals surface area contributed by atoms with Gasteiger partial charge in [0.25, 0.3) is 0 Å². The van der Waals surface area contributed by atoms with Crippen molar-refractivity contribution in [1.82, 2.24) is 5.32 Å². The van der Waals surface area contributed by atoms with E-state index in [2.05, 4.69) is 43.4 Å². The average molecular weight is 178 g/mol. The van der Waals surface area contributed by atoms with Crippen molar-refractivity contribution in [1.29, 1.82) is 0 Å². The summed E-state index contributed by atoms with van der Waals surface area (Å²) in [5, 5.41) is 3.35. The molecule has 1 rings (SSSR count). The summed E-state index contributed by atoms with van der Waals surface area (Å²) in [4.78, 5) is 0. The molecule has 72 valence electrons. The molecule has 0 aliphatic carbocycles. The Bertz CT molecular complexity index is 258. The highest BCUT2D eigenvalue weighted by molar-refractivity contribution is 5.21. The van der Waals surface area contributed by atoms with Gasteiger partial charge >= 0.3 is 0 Å². The monoisotopic (exact) mass is 178 g/mol. The predicted molar refractivity (Wildman–Crippen MR) is 56.5 cm³/mol. The van der Waals surface area contributed by atoms with E-state index in [-0.39, 0.29) is 0 Å². The molecular weight excluding hydrogens is 160 g/mol. The summed E-state index contributed by atoms with van der Waals surface area (Å²) < 4.78 is 0. The first-order valence-electron chi connectivity index (χ1n) is 4.71. The van der Waals surface area contributed by atoms with Gasteiger partial charge in [-0.05, 0) is 19.4 Å². The maximum atomic E-state index is 5.50. The minimum absolute atomic E-state index is 0.389. The minimum Gasteiger partial charge on any atom is -0.329 e. The van der Waals surface area contributed by atoms with E-state index < -0.39 is 0 Å². The van der Waals surface area contributed by atoms with E-state index in [4.69, 9.17) is 5.73 Å². The highest BCUT2D eigenvalue weighted by atomic mass is 14.9. The van der Waals surface area contributed by atoms with Crippen molar-refractivity contribution in [3.63, 3.8) is 0 Å². The summed E-state index contributed by atoms with van der Waals surface area (Å²) in [6, 6.07) is 8.90. The van der Waals surface area contributed by atoms with Gasteiger partial charge in [-0.1, -0.05) is 29.8 Å². The lowest BCUT2D eigenvalue weighted by atomic mass is 10.1. The minimum atomic E-state index is 0.389. The van der Waals surface area contributed by atoms with Crippen LogP contribution >= 0.6 is 0 Å². The second kappa shape index (κ2) is 5.00. The van der Waals surface area contributed by atoms with Gasteiger partial charge in [0.1, 0.15) is 0 Å². The highest BCUT2D eigenvalue weighted by Gasteiger charge is 1.97. The molecule has 2 heteroatoms. The van der Waals surface area contributed by atoms with E-state index in [0.717, 1.165) is 6.54 Å². The molecule has 1 atom stereocenters. The van der Waals surface area contributed by atoms with E-state index in [1.54, 1.807) is 0 Å². The van der Waals surface area contributed by atoms with Gasteiger partial charge in [0.05, 0.1) is 0 Å². The zero-order chi connectivity index (χ0) is 9.68. The summed E-state index contributed by atoms with van der Waals surface area (Å²) in [5.41, 5.74) is 8.13. The van der Waals surface area contributed by atoms with Crippen LogP contribution in [0.15, 0.2) is 24.3 Å². The molecule has 0 bridgehead atoms. The maximum absolute atomic E-state index is 5.50. The second-order valence-electron chi connectivity index (χ2n) is 3.51. The Kier molecular flexibility index (Phi) is 3.93. The van der Waals surface area contributed by atoms with E-state index in [9.17, 15) is 0 Å². The summed E-state index contributed by atoms with van der Waals surface area (Å²) in [6.45, 7) is 5.79. The van der Waals surface area contributed by atoms with Crippen molar-refractivity contribution >= 4 is 0 Å². The molecule has 0 saturated carbocycles. The van der Waals surface area contributed by atoms with Crippen molar-refractivity contribution in [2.45, 2.75) is 26.4 Å². The molecule has 0 saturated heterocycles. The quantitative estimate of drug-likeness (QED) is 0.732. The average Bonchev–Trinajstić information content (AvgIpc) is 2.14. The molecule has 1 aromatic carbocycles. The van der Waals surface area contributed by atoms with Gasteiger partial charge in [-0.2, -0.15) is 0 Å². The standard InChI is InChI=1S/C11H18N2/c1-9-4-3-5-11(6-9)8-13-10(2)7-12/h3-6,10,13H,7-8,12H2,1-2H3/t10-/m1/s1. The SMILES string of the molecule is Cc1cccc(CN[C@H](C)CN)c1. The number of hydrogen-bond acceptors (Lipinski definition) is 2. The van der Waals surface area contributed by atoms with Gasteiger partial charge in [0.2, 0.25) is 0 Å². The van der Waals surface area contributed by atoms with Crippen LogP contribution in [0.3, 0.4) is 0 Å². The van der Waals surface area contributed by atoms with Gasteiger partial charge in [-0.25, -0.2) is 0 Å². The first-order chi connectivity index (χ1) is 6.22. The van der Waals surface area contributed by atoms with Crippen molar-refractivity contribution < 1.29 is 0 Å². The van der Waals surface area contributed by atoms with Gasteiger partial charge in [0, 0.05) is 19.1 Å². The molecule has 0 aliphatic rings. The number of hydrogen-bond donors (Lipinski definition) is 2. The summed E-state index contributed by atoms with van der Waals surface area (Å²) in [7, 11) is 0. The number of aryl methyl sites for hydroxylation is 1. The lowest BCUT2D eigenvalue weighted by Gasteiger charge is -2.11. The molecule has 2 nitrogen and oxygen atoms in total. The third-order valence-electron chi connectivity index (χ3n) is 2.09. The largest absolute Gasteiger partial charge is 0.329 e. The van der Waals surface area contributed by atoms with E-state index >= 15 is 0 Å². The number of rotatable bonds is 4. The van der Waals surface area contributed by atoms with Crippen molar-refractivity contribution in [2.24, 2.45) is 5.73 Å². The van der Waals surface area contributed by atoms with Crippen LogP contribution in [0, 0.1) is 6.92 Å². The van der Waals surface area contributed by atoms with Gasteiger partial charge in [-0.15, -0.1) is 0 Å². The fourth-order valence-electron chi connectivity index (χ4n) is 1.20. The molecule has 0 amide bonds. The Morgan fingerprint density at radius 2 is 2.23 bits per heavy atom. The third kappa shape index (κ3) is 3.57. The van der Waals surface area contributed by atoms with Crippen LogP contribution in [0.1, 0.15) is 18.1 Å². The Morgan fingerprint density at radius 3 is 2.85 bits per heavy atom.